The zero-order valence-electron chi connectivity index (χ0n) is 19.5. The minimum Gasteiger partial charge on any atom is -0.397 e. The first-order chi connectivity index (χ1) is 17.9. The SMILES string of the molecule is C#CCn1c(-c2cccc(Cl)c2)c(N(N)c2ccccc2N)c(=O)n(-c2cncc3ccccc23)c1=O. The fourth-order valence-electron chi connectivity index (χ4n) is 4.34. The van der Waals surface area contributed by atoms with Crippen LogP contribution >= 0.6 is 11.6 Å². The number of benzene rings is 3. The quantitative estimate of drug-likeness (QED) is 0.160. The normalized spacial score (nSPS) is 10.8. The Bertz CT molecular complexity index is 1810. The Balaban J connectivity index is 1.96. The van der Waals surface area contributed by atoms with Crippen LogP contribution in [0.25, 0.3) is 27.7 Å². The van der Waals surface area contributed by atoms with E-state index in [1.165, 1.54) is 15.8 Å². The lowest BCUT2D eigenvalue weighted by molar-refractivity contribution is 0.709. The molecule has 9 heteroatoms. The van der Waals surface area contributed by atoms with Crippen LogP contribution in [0.5, 0.6) is 0 Å². The number of anilines is 3. The standard InChI is InChI=1S/C28H21ClN6O2/c1-2-14-33-25(18-9-7-10-20(29)15-18)26(35(31)23-13-6-5-12-22(23)30)27(36)34(28(33)37)24-17-32-16-19-8-3-4-11-21(19)24/h1,3-13,15-17H,14,30-31H2. The van der Waals surface area contributed by atoms with Gasteiger partial charge < -0.3 is 5.73 Å². The number of nitrogen functional groups attached to an aromatic ring is 1. The molecule has 0 spiro atoms. The summed E-state index contributed by atoms with van der Waals surface area (Å²) in [6, 6.07) is 20.9. The molecule has 0 amide bonds. The molecule has 3 aromatic carbocycles. The minimum atomic E-state index is -0.669. The molecule has 0 fully saturated rings. The van der Waals surface area contributed by atoms with Crippen LogP contribution in [-0.4, -0.2) is 14.1 Å². The van der Waals surface area contributed by atoms with Gasteiger partial charge in [-0.3, -0.25) is 19.4 Å². The molecule has 2 heterocycles. The third-order valence-electron chi connectivity index (χ3n) is 5.99. The van der Waals surface area contributed by atoms with E-state index in [9.17, 15) is 9.59 Å². The van der Waals surface area contributed by atoms with Gasteiger partial charge in [-0.25, -0.2) is 15.2 Å². The van der Waals surface area contributed by atoms with Crippen LogP contribution in [0.1, 0.15) is 0 Å². The molecule has 0 aliphatic carbocycles. The lowest BCUT2D eigenvalue weighted by Crippen LogP contribution is -2.44. The molecule has 0 aliphatic heterocycles. The fraction of sp³-hybridized carbons (Fsp3) is 0.0357. The van der Waals surface area contributed by atoms with E-state index in [2.05, 4.69) is 10.9 Å². The Labute approximate surface area is 216 Å². The van der Waals surface area contributed by atoms with Gasteiger partial charge >= 0.3 is 5.69 Å². The molecule has 5 aromatic rings. The largest absolute Gasteiger partial charge is 0.397 e. The Hall–Kier alpha value is -4.84. The molecule has 0 aliphatic rings. The molecule has 0 radical (unpaired) electrons. The van der Waals surface area contributed by atoms with E-state index in [0.29, 0.717) is 33.0 Å². The summed E-state index contributed by atoms with van der Waals surface area (Å²) in [6.07, 6.45) is 8.81. The Morgan fingerprint density at radius 1 is 1.00 bits per heavy atom. The number of nitrogens with two attached hydrogens (primary N) is 2. The van der Waals surface area contributed by atoms with Gasteiger partial charge in [-0.05, 0) is 24.3 Å². The molecule has 0 unspecified atom stereocenters. The number of hydrogen-bond acceptors (Lipinski definition) is 6. The number of pyridine rings is 1. The van der Waals surface area contributed by atoms with Gasteiger partial charge in [0.1, 0.15) is 5.69 Å². The van der Waals surface area contributed by atoms with Crippen LogP contribution in [0.3, 0.4) is 0 Å². The maximum absolute atomic E-state index is 14.3. The van der Waals surface area contributed by atoms with Gasteiger partial charge in [0, 0.05) is 27.6 Å². The van der Waals surface area contributed by atoms with Crippen molar-refractivity contribution in [3.05, 3.63) is 111 Å². The number of rotatable bonds is 5. The van der Waals surface area contributed by atoms with Crippen molar-refractivity contribution in [2.24, 2.45) is 5.84 Å². The van der Waals surface area contributed by atoms with E-state index in [4.69, 9.17) is 29.6 Å². The van der Waals surface area contributed by atoms with Gasteiger partial charge in [0.05, 0.1) is 35.5 Å². The second-order valence-electron chi connectivity index (χ2n) is 8.23. The first-order valence-corrected chi connectivity index (χ1v) is 11.6. The Morgan fingerprint density at radius 2 is 1.76 bits per heavy atom. The summed E-state index contributed by atoms with van der Waals surface area (Å²) < 4.78 is 2.36. The van der Waals surface area contributed by atoms with Crippen molar-refractivity contribution in [2.45, 2.75) is 6.54 Å². The second-order valence-corrected chi connectivity index (χ2v) is 8.67. The predicted octanol–water partition coefficient (Wildman–Crippen LogP) is 4.10. The van der Waals surface area contributed by atoms with Gasteiger partial charge in [0.2, 0.25) is 0 Å². The summed E-state index contributed by atoms with van der Waals surface area (Å²) >= 11 is 6.29. The molecule has 0 saturated heterocycles. The summed E-state index contributed by atoms with van der Waals surface area (Å²) in [7, 11) is 0. The maximum Gasteiger partial charge on any atom is 0.337 e. The highest BCUT2D eigenvalue weighted by atomic mass is 35.5. The number of nitrogens with zero attached hydrogens (tertiary/aromatic N) is 4. The zero-order chi connectivity index (χ0) is 26.1. The monoisotopic (exact) mass is 508 g/mol. The first kappa shape index (κ1) is 23.9. The molecule has 5 rings (SSSR count). The highest BCUT2D eigenvalue weighted by Gasteiger charge is 2.26. The average Bonchev–Trinajstić information content (AvgIpc) is 2.90. The van der Waals surface area contributed by atoms with Crippen LogP contribution in [0.15, 0.2) is 94.8 Å². The molecule has 37 heavy (non-hydrogen) atoms. The Kier molecular flexibility index (Phi) is 6.24. The summed E-state index contributed by atoms with van der Waals surface area (Å²) in [6.45, 7) is -0.135. The summed E-state index contributed by atoms with van der Waals surface area (Å²) in [4.78, 5) is 32.5. The highest BCUT2D eigenvalue weighted by Crippen LogP contribution is 2.34. The molecule has 0 bridgehead atoms. The molecule has 4 N–H and O–H groups in total. The highest BCUT2D eigenvalue weighted by molar-refractivity contribution is 6.30. The molecule has 8 nitrogen and oxygen atoms in total. The van der Waals surface area contributed by atoms with E-state index < -0.39 is 11.2 Å². The average molecular weight is 509 g/mol. The molecule has 0 saturated carbocycles. The first-order valence-electron chi connectivity index (χ1n) is 11.2. The number of hydrogen-bond donors (Lipinski definition) is 2. The lowest BCUT2D eigenvalue weighted by Gasteiger charge is -2.26. The minimum absolute atomic E-state index is 0.0112. The van der Waals surface area contributed by atoms with Crippen LogP contribution in [0.2, 0.25) is 5.02 Å². The van der Waals surface area contributed by atoms with E-state index >= 15 is 0 Å². The number of hydrazine groups is 1. The van der Waals surface area contributed by atoms with Crippen LogP contribution in [0.4, 0.5) is 17.1 Å². The molecular formula is C28H21ClN6O2. The van der Waals surface area contributed by atoms with E-state index in [0.717, 1.165) is 9.95 Å². The van der Waals surface area contributed by atoms with Gasteiger partial charge in [-0.15, -0.1) is 6.42 Å². The van der Waals surface area contributed by atoms with E-state index in [1.54, 1.807) is 54.7 Å². The van der Waals surface area contributed by atoms with Crippen molar-refractivity contribution in [3.8, 4) is 29.3 Å². The summed E-state index contributed by atoms with van der Waals surface area (Å²) in [5.74, 6) is 9.11. The molecule has 182 valence electrons. The van der Waals surface area contributed by atoms with Crippen molar-refractivity contribution < 1.29 is 0 Å². The lowest BCUT2D eigenvalue weighted by atomic mass is 10.1. The van der Waals surface area contributed by atoms with Gasteiger partial charge in [0.25, 0.3) is 5.56 Å². The van der Waals surface area contributed by atoms with Crippen LogP contribution < -0.4 is 27.8 Å². The number of para-hydroxylation sites is 2. The van der Waals surface area contributed by atoms with Crippen molar-refractivity contribution >= 4 is 39.4 Å². The zero-order valence-corrected chi connectivity index (χ0v) is 20.3. The van der Waals surface area contributed by atoms with E-state index in [1.807, 2.05) is 24.3 Å². The summed E-state index contributed by atoms with van der Waals surface area (Å²) in [5, 5.41) is 3.00. The topological polar surface area (TPSA) is 112 Å². The van der Waals surface area contributed by atoms with Crippen molar-refractivity contribution in [2.75, 3.05) is 10.7 Å². The van der Waals surface area contributed by atoms with Crippen molar-refractivity contribution in [3.63, 3.8) is 0 Å². The van der Waals surface area contributed by atoms with Crippen molar-refractivity contribution in [1.82, 2.24) is 14.1 Å². The molecule has 0 atom stereocenters. The third kappa shape index (κ3) is 4.12. The number of terminal acetylenes is 1. The van der Waals surface area contributed by atoms with E-state index in [-0.39, 0.29) is 17.9 Å². The number of fused-ring (bicyclic) bond motifs is 1. The van der Waals surface area contributed by atoms with Crippen LogP contribution in [0, 0.1) is 12.3 Å². The summed E-state index contributed by atoms with van der Waals surface area (Å²) in [5.41, 5.74) is 6.60. The number of aromatic nitrogens is 3. The van der Waals surface area contributed by atoms with Crippen molar-refractivity contribution in [1.29, 1.82) is 0 Å². The smallest absolute Gasteiger partial charge is 0.337 e. The maximum atomic E-state index is 14.3. The molecule has 2 aromatic heterocycles. The Morgan fingerprint density at radius 3 is 2.51 bits per heavy atom. The second kappa shape index (κ2) is 9.66. The van der Waals surface area contributed by atoms with Gasteiger partial charge in [-0.1, -0.05) is 66.1 Å². The third-order valence-corrected chi connectivity index (χ3v) is 6.23. The molecular weight excluding hydrogens is 488 g/mol. The van der Waals surface area contributed by atoms with Gasteiger partial charge in [-0.2, -0.15) is 0 Å². The van der Waals surface area contributed by atoms with Gasteiger partial charge in [0.15, 0.2) is 0 Å². The fourth-order valence-corrected chi connectivity index (χ4v) is 4.53. The predicted molar refractivity (Wildman–Crippen MR) is 148 cm³/mol. The number of halogens is 1. The van der Waals surface area contributed by atoms with Crippen LogP contribution in [-0.2, 0) is 6.54 Å².